The minimum Gasteiger partial charge on any atom is -0.398 e. The number of benzene rings is 2. The van der Waals surface area contributed by atoms with Gasteiger partial charge in [-0.25, -0.2) is 0 Å². The second-order valence-electron chi connectivity index (χ2n) is 3.69. The molecular formula is C14H15NOS. The van der Waals surface area contributed by atoms with E-state index >= 15 is 0 Å². The van der Waals surface area contributed by atoms with E-state index in [9.17, 15) is 0 Å². The number of hydrogen-bond acceptors (Lipinski definition) is 3. The SMILES string of the molecule is Nc1ccc(SCCO)cc1-c1ccccc1. The van der Waals surface area contributed by atoms with E-state index in [-0.39, 0.29) is 6.61 Å². The normalized spacial score (nSPS) is 10.4. The first kappa shape index (κ1) is 12.0. The Kier molecular flexibility index (Phi) is 4.07. The number of thioether (sulfide) groups is 1. The molecule has 0 atom stereocenters. The van der Waals surface area contributed by atoms with Gasteiger partial charge < -0.3 is 10.8 Å². The van der Waals surface area contributed by atoms with E-state index < -0.39 is 0 Å². The number of rotatable bonds is 4. The summed E-state index contributed by atoms with van der Waals surface area (Å²) in [6, 6.07) is 16.1. The molecule has 0 unspecified atom stereocenters. The lowest BCUT2D eigenvalue weighted by molar-refractivity contribution is 0.322. The monoisotopic (exact) mass is 245 g/mol. The molecule has 0 saturated carbocycles. The van der Waals surface area contributed by atoms with Gasteiger partial charge in [0.25, 0.3) is 0 Å². The molecule has 88 valence electrons. The van der Waals surface area contributed by atoms with Crippen LogP contribution in [0.1, 0.15) is 0 Å². The van der Waals surface area contributed by atoms with Crippen LogP contribution >= 0.6 is 11.8 Å². The molecular weight excluding hydrogens is 230 g/mol. The van der Waals surface area contributed by atoms with Crippen LogP contribution in [0.3, 0.4) is 0 Å². The summed E-state index contributed by atoms with van der Waals surface area (Å²) in [6.45, 7) is 0.190. The van der Waals surface area contributed by atoms with Gasteiger partial charge in [-0.2, -0.15) is 0 Å². The van der Waals surface area contributed by atoms with Crippen LogP contribution < -0.4 is 5.73 Å². The van der Waals surface area contributed by atoms with E-state index in [1.165, 1.54) is 0 Å². The third-order valence-electron chi connectivity index (χ3n) is 2.47. The highest BCUT2D eigenvalue weighted by Crippen LogP contribution is 2.30. The van der Waals surface area contributed by atoms with Crippen molar-refractivity contribution < 1.29 is 5.11 Å². The molecule has 0 saturated heterocycles. The van der Waals surface area contributed by atoms with Gasteiger partial charge in [-0.05, 0) is 23.8 Å². The molecule has 0 spiro atoms. The summed E-state index contributed by atoms with van der Waals surface area (Å²) in [4.78, 5) is 1.13. The van der Waals surface area contributed by atoms with Crippen LogP contribution in [0.2, 0.25) is 0 Å². The summed E-state index contributed by atoms with van der Waals surface area (Å²) >= 11 is 1.63. The highest BCUT2D eigenvalue weighted by Gasteiger charge is 2.03. The lowest BCUT2D eigenvalue weighted by Gasteiger charge is -2.08. The topological polar surface area (TPSA) is 46.2 Å². The van der Waals surface area contributed by atoms with Crippen molar-refractivity contribution >= 4 is 17.4 Å². The largest absolute Gasteiger partial charge is 0.398 e. The summed E-state index contributed by atoms with van der Waals surface area (Å²) in [5.41, 5.74) is 8.94. The minimum atomic E-state index is 0.190. The number of anilines is 1. The first-order chi connectivity index (χ1) is 8.31. The summed E-state index contributed by atoms with van der Waals surface area (Å²) in [6.07, 6.45) is 0. The van der Waals surface area contributed by atoms with E-state index in [2.05, 4.69) is 6.07 Å². The van der Waals surface area contributed by atoms with Crippen molar-refractivity contribution in [2.24, 2.45) is 0 Å². The fourth-order valence-electron chi connectivity index (χ4n) is 1.66. The molecule has 3 heteroatoms. The van der Waals surface area contributed by atoms with Crippen molar-refractivity contribution in [1.29, 1.82) is 0 Å². The van der Waals surface area contributed by atoms with Crippen LogP contribution in [0, 0.1) is 0 Å². The second-order valence-corrected chi connectivity index (χ2v) is 4.86. The van der Waals surface area contributed by atoms with Crippen molar-refractivity contribution in [3.63, 3.8) is 0 Å². The van der Waals surface area contributed by atoms with Crippen molar-refractivity contribution in [3.8, 4) is 11.1 Å². The van der Waals surface area contributed by atoms with Crippen LogP contribution in [-0.2, 0) is 0 Å². The van der Waals surface area contributed by atoms with Gasteiger partial charge in [0.2, 0.25) is 0 Å². The van der Waals surface area contributed by atoms with Gasteiger partial charge in [-0.15, -0.1) is 11.8 Å². The molecule has 2 nitrogen and oxygen atoms in total. The van der Waals surface area contributed by atoms with E-state index in [1.54, 1.807) is 11.8 Å². The Morgan fingerprint density at radius 2 is 1.82 bits per heavy atom. The zero-order valence-electron chi connectivity index (χ0n) is 9.47. The van der Waals surface area contributed by atoms with Gasteiger partial charge in [-0.1, -0.05) is 30.3 Å². The Morgan fingerprint density at radius 1 is 1.06 bits per heavy atom. The van der Waals surface area contributed by atoms with Crippen LogP contribution in [0.15, 0.2) is 53.4 Å². The molecule has 0 aromatic heterocycles. The predicted molar refractivity (Wildman–Crippen MR) is 74.1 cm³/mol. The maximum atomic E-state index is 8.82. The molecule has 0 aliphatic carbocycles. The van der Waals surface area contributed by atoms with Gasteiger partial charge in [0, 0.05) is 21.9 Å². The third kappa shape index (κ3) is 3.02. The summed E-state index contributed by atoms with van der Waals surface area (Å²) < 4.78 is 0. The second kappa shape index (κ2) is 5.75. The summed E-state index contributed by atoms with van der Waals surface area (Å²) in [7, 11) is 0. The van der Waals surface area contributed by atoms with Gasteiger partial charge in [0.15, 0.2) is 0 Å². The van der Waals surface area contributed by atoms with E-state index in [0.717, 1.165) is 21.7 Å². The lowest BCUT2D eigenvalue weighted by Crippen LogP contribution is -1.91. The number of aliphatic hydroxyl groups is 1. The van der Waals surface area contributed by atoms with Crippen molar-refractivity contribution in [2.45, 2.75) is 4.90 Å². The number of hydrogen-bond donors (Lipinski definition) is 2. The van der Waals surface area contributed by atoms with Crippen LogP contribution in [0.4, 0.5) is 5.69 Å². The fourth-order valence-corrected chi connectivity index (χ4v) is 2.35. The zero-order valence-corrected chi connectivity index (χ0v) is 10.3. The van der Waals surface area contributed by atoms with Crippen molar-refractivity contribution in [1.82, 2.24) is 0 Å². The van der Waals surface area contributed by atoms with Crippen molar-refractivity contribution in [3.05, 3.63) is 48.5 Å². The molecule has 0 bridgehead atoms. The quantitative estimate of drug-likeness (QED) is 0.643. The molecule has 0 amide bonds. The molecule has 17 heavy (non-hydrogen) atoms. The molecule has 0 heterocycles. The molecule has 0 radical (unpaired) electrons. The standard InChI is InChI=1S/C14H15NOS/c15-14-7-6-12(17-9-8-16)10-13(14)11-4-2-1-3-5-11/h1-7,10,16H,8-9,15H2. The highest BCUT2D eigenvalue weighted by atomic mass is 32.2. The van der Waals surface area contributed by atoms with Crippen LogP contribution in [0.5, 0.6) is 0 Å². The molecule has 0 aliphatic heterocycles. The maximum Gasteiger partial charge on any atom is 0.0525 e. The molecule has 2 rings (SSSR count). The fraction of sp³-hybridized carbons (Fsp3) is 0.143. The highest BCUT2D eigenvalue weighted by molar-refractivity contribution is 7.99. The van der Waals surface area contributed by atoms with Gasteiger partial charge in [-0.3, -0.25) is 0 Å². The number of nitrogen functional groups attached to an aromatic ring is 1. The minimum absolute atomic E-state index is 0.190. The molecule has 0 aliphatic rings. The zero-order chi connectivity index (χ0) is 12.1. The Morgan fingerprint density at radius 3 is 2.53 bits per heavy atom. The number of aliphatic hydroxyl groups excluding tert-OH is 1. The average molecular weight is 245 g/mol. The smallest absolute Gasteiger partial charge is 0.0525 e. The lowest BCUT2D eigenvalue weighted by atomic mass is 10.0. The van der Waals surface area contributed by atoms with Gasteiger partial charge in [0.1, 0.15) is 0 Å². The van der Waals surface area contributed by atoms with Gasteiger partial charge >= 0.3 is 0 Å². The molecule has 0 fully saturated rings. The first-order valence-electron chi connectivity index (χ1n) is 5.50. The molecule has 3 N–H and O–H groups in total. The van der Waals surface area contributed by atoms with Crippen LogP contribution in [0.25, 0.3) is 11.1 Å². The van der Waals surface area contributed by atoms with Crippen LogP contribution in [-0.4, -0.2) is 17.5 Å². The van der Waals surface area contributed by atoms with Crippen molar-refractivity contribution in [2.75, 3.05) is 18.1 Å². The van der Waals surface area contributed by atoms with E-state index in [4.69, 9.17) is 10.8 Å². The third-order valence-corrected chi connectivity index (χ3v) is 3.44. The molecule has 2 aromatic carbocycles. The average Bonchev–Trinajstić information content (AvgIpc) is 2.39. The summed E-state index contributed by atoms with van der Waals surface area (Å²) in [5.74, 6) is 0.706. The van der Waals surface area contributed by atoms with Gasteiger partial charge in [0.05, 0.1) is 6.61 Å². The first-order valence-corrected chi connectivity index (χ1v) is 6.48. The Balaban J connectivity index is 2.33. The predicted octanol–water partition coefficient (Wildman–Crippen LogP) is 3.02. The summed E-state index contributed by atoms with van der Waals surface area (Å²) in [5, 5.41) is 8.82. The van der Waals surface area contributed by atoms with E-state index in [1.807, 2.05) is 42.5 Å². The Hall–Kier alpha value is -1.45. The molecule has 2 aromatic rings. The number of nitrogens with two attached hydrogens (primary N) is 1. The Bertz CT molecular complexity index is 485. The maximum absolute atomic E-state index is 8.82. The Labute approximate surface area is 105 Å². The van der Waals surface area contributed by atoms with E-state index in [0.29, 0.717) is 5.75 Å².